The molecular weight excluding hydrogens is 268 g/mol. The fourth-order valence-corrected chi connectivity index (χ4v) is 3.75. The summed E-state index contributed by atoms with van der Waals surface area (Å²) in [6, 6.07) is 5.68. The Bertz CT molecular complexity index is 585. The lowest BCUT2D eigenvalue weighted by Gasteiger charge is -2.17. The molecule has 0 saturated carbocycles. The van der Waals surface area contributed by atoms with Crippen molar-refractivity contribution in [2.24, 2.45) is 0 Å². The molecule has 1 aromatic carbocycles. The average Bonchev–Trinajstić information content (AvgIpc) is 2.77. The minimum Gasteiger partial charge on any atom is -0.507 e. The molecule has 2 N–H and O–H groups in total. The van der Waals surface area contributed by atoms with E-state index in [1.807, 2.05) is 0 Å². The lowest BCUT2D eigenvalue weighted by molar-refractivity contribution is -0.119. The molecule has 1 fully saturated rings. The molecule has 0 spiro atoms. The van der Waals surface area contributed by atoms with E-state index >= 15 is 0 Å². The van der Waals surface area contributed by atoms with Gasteiger partial charge in [-0.05, 0) is 18.6 Å². The highest BCUT2D eigenvalue weighted by Gasteiger charge is 2.34. The standard InChI is InChI=1S/C12H16N2O4S/c1-9(15)13-10-6-7-14(8-10)19(17,18)12-5-3-2-4-11(12)16/h2-5,10,16H,6-8H2,1H3,(H,13,15). The van der Waals surface area contributed by atoms with Gasteiger partial charge in [-0.15, -0.1) is 0 Å². The second kappa shape index (κ2) is 5.18. The number of hydrogen-bond donors (Lipinski definition) is 2. The van der Waals surface area contributed by atoms with E-state index in [0.29, 0.717) is 13.0 Å². The molecule has 104 valence electrons. The third kappa shape index (κ3) is 2.87. The predicted octanol–water partition coefficient (Wildman–Crippen LogP) is 0.291. The summed E-state index contributed by atoms with van der Waals surface area (Å²) >= 11 is 0. The van der Waals surface area contributed by atoms with Crippen LogP contribution in [-0.2, 0) is 14.8 Å². The first-order valence-electron chi connectivity index (χ1n) is 5.96. The van der Waals surface area contributed by atoms with Crippen LogP contribution in [0.15, 0.2) is 29.2 Å². The number of para-hydroxylation sites is 1. The van der Waals surface area contributed by atoms with Crippen molar-refractivity contribution in [2.45, 2.75) is 24.3 Å². The highest BCUT2D eigenvalue weighted by molar-refractivity contribution is 7.89. The summed E-state index contributed by atoms with van der Waals surface area (Å²) in [4.78, 5) is 10.9. The number of benzene rings is 1. The number of nitrogens with zero attached hydrogens (tertiary/aromatic N) is 1. The number of hydrogen-bond acceptors (Lipinski definition) is 4. The molecule has 1 aliphatic heterocycles. The molecule has 1 heterocycles. The van der Waals surface area contributed by atoms with Crippen LogP contribution in [0.4, 0.5) is 0 Å². The number of rotatable bonds is 3. The van der Waals surface area contributed by atoms with Gasteiger partial charge >= 0.3 is 0 Å². The summed E-state index contributed by atoms with van der Waals surface area (Å²) in [6.45, 7) is 1.97. The summed E-state index contributed by atoms with van der Waals surface area (Å²) in [5, 5.41) is 12.3. The van der Waals surface area contributed by atoms with Crippen LogP contribution in [0.2, 0.25) is 0 Å². The van der Waals surface area contributed by atoms with Crippen LogP contribution in [0, 0.1) is 0 Å². The number of phenolic OH excluding ortho intramolecular Hbond substituents is 1. The van der Waals surface area contributed by atoms with Crippen molar-refractivity contribution in [3.05, 3.63) is 24.3 Å². The summed E-state index contributed by atoms with van der Waals surface area (Å²) in [6.07, 6.45) is 0.576. The third-order valence-corrected chi connectivity index (χ3v) is 4.95. The van der Waals surface area contributed by atoms with Gasteiger partial charge < -0.3 is 10.4 Å². The van der Waals surface area contributed by atoms with Gasteiger partial charge in [0.2, 0.25) is 15.9 Å². The summed E-state index contributed by atoms with van der Waals surface area (Å²) in [5.74, 6) is -0.433. The lowest BCUT2D eigenvalue weighted by Crippen LogP contribution is -2.37. The van der Waals surface area contributed by atoms with Crippen molar-refractivity contribution < 1.29 is 18.3 Å². The van der Waals surface area contributed by atoms with Crippen molar-refractivity contribution in [1.82, 2.24) is 9.62 Å². The van der Waals surface area contributed by atoms with Crippen molar-refractivity contribution in [3.63, 3.8) is 0 Å². The molecule has 0 aromatic heterocycles. The zero-order chi connectivity index (χ0) is 14.0. The quantitative estimate of drug-likeness (QED) is 0.835. The molecule has 0 radical (unpaired) electrons. The third-order valence-electron chi connectivity index (χ3n) is 3.04. The molecular formula is C12H16N2O4S. The maximum Gasteiger partial charge on any atom is 0.246 e. The highest BCUT2D eigenvalue weighted by Crippen LogP contribution is 2.27. The van der Waals surface area contributed by atoms with Crippen LogP contribution < -0.4 is 5.32 Å². The van der Waals surface area contributed by atoms with Gasteiger partial charge in [-0.3, -0.25) is 4.79 Å². The maximum absolute atomic E-state index is 12.3. The number of carbonyl (C=O) groups excluding carboxylic acids is 1. The predicted molar refractivity (Wildman–Crippen MR) is 69.1 cm³/mol. The monoisotopic (exact) mass is 284 g/mol. The normalized spacial score (nSPS) is 20.4. The minimum absolute atomic E-state index is 0.0986. The van der Waals surface area contributed by atoms with Gasteiger partial charge in [0.1, 0.15) is 10.6 Å². The fraction of sp³-hybridized carbons (Fsp3) is 0.417. The van der Waals surface area contributed by atoms with Crippen LogP contribution >= 0.6 is 0 Å². The van der Waals surface area contributed by atoms with Gasteiger partial charge in [-0.2, -0.15) is 4.31 Å². The van der Waals surface area contributed by atoms with E-state index in [1.54, 1.807) is 12.1 Å². The van der Waals surface area contributed by atoms with Crippen molar-refractivity contribution in [2.75, 3.05) is 13.1 Å². The Morgan fingerprint density at radius 3 is 2.74 bits per heavy atom. The first-order valence-corrected chi connectivity index (χ1v) is 7.40. The smallest absolute Gasteiger partial charge is 0.246 e. The number of aromatic hydroxyl groups is 1. The van der Waals surface area contributed by atoms with Gasteiger partial charge in [0.25, 0.3) is 0 Å². The van der Waals surface area contributed by atoms with Crippen LogP contribution in [0.5, 0.6) is 5.75 Å². The van der Waals surface area contributed by atoms with E-state index in [0.717, 1.165) is 0 Å². The Morgan fingerprint density at radius 2 is 2.11 bits per heavy atom. The van der Waals surface area contributed by atoms with Gasteiger partial charge in [0.05, 0.1) is 0 Å². The summed E-state index contributed by atoms with van der Waals surface area (Å²) in [5.41, 5.74) is 0. The van der Waals surface area contributed by atoms with E-state index in [4.69, 9.17) is 0 Å². The van der Waals surface area contributed by atoms with Gasteiger partial charge in [-0.25, -0.2) is 8.42 Å². The van der Waals surface area contributed by atoms with Gasteiger partial charge in [0.15, 0.2) is 0 Å². The average molecular weight is 284 g/mol. The number of sulfonamides is 1. The molecule has 1 amide bonds. The van der Waals surface area contributed by atoms with E-state index in [2.05, 4.69) is 5.32 Å². The van der Waals surface area contributed by atoms with Crippen LogP contribution in [0.3, 0.4) is 0 Å². The number of carbonyl (C=O) groups is 1. The van der Waals surface area contributed by atoms with Crippen molar-refractivity contribution in [3.8, 4) is 5.75 Å². The Labute approximate surface area is 112 Å². The van der Waals surface area contributed by atoms with E-state index in [9.17, 15) is 18.3 Å². The molecule has 6 nitrogen and oxygen atoms in total. The number of amides is 1. The zero-order valence-corrected chi connectivity index (χ0v) is 11.4. The van der Waals surface area contributed by atoms with E-state index in [-0.39, 0.29) is 29.1 Å². The molecule has 1 aromatic rings. The van der Waals surface area contributed by atoms with Crippen LogP contribution in [-0.4, -0.2) is 42.9 Å². The lowest BCUT2D eigenvalue weighted by atomic mass is 10.3. The van der Waals surface area contributed by atoms with E-state index < -0.39 is 10.0 Å². The van der Waals surface area contributed by atoms with Crippen molar-refractivity contribution in [1.29, 1.82) is 0 Å². The highest BCUT2D eigenvalue weighted by atomic mass is 32.2. The molecule has 0 aliphatic carbocycles. The first kappa shape index (κ1) is 13.8. The Hall–Kier alpha value is -1.60. The zero-order valence-electron chi connectivity index (χ0n) is 10.5. The fourth-order valence-electron chi connectivity index (χ4n) is 2.17. The van der Waals surface area contributed by atoms with E-state index in [1.165, 1.54) is 23.4 Å². The Morgan fingerprint density at radius 1 is 1.42 bits per heavy atom. The molecule has 1 atom stereocenters. The number of phenols is 1. The molecule has 1 unspecified atom stereocenters. The largest absolute Gasteiger partial charge is 0.507 e. The topological polar surface area (TPSA) is 86.7 Å². The molecule has 19 heavy (non-hydrogen) atoms. The van der Waals surface area contributed by atoms with Crippen LogP contribution in [0.25, 0.3) is 0 Å². The minimum atomic E-state index is -3.71. The van der Waals surface area contributed by atoms with Crippen molar-refractivity contribution >= 4 is 15.9 Å². The SMILES string of the molecule is CC(=O)NC1CCN(S(=O)(=O)c2ccccc2O)C1. The Kier molecular flexibility index (Phi) is 3.77. The van der Waals surface area contributed by atoms with Gasteiger partial charge in [-0.1, -0.05) is 12.1 Å². The molecule has 1 aliphatic rings. The second-order valence-corrected chi connectivity index (χ2v) is 6.42. The maximum atomic E-state index is 12.3. The van der Waals surface area contributed by atoms with Crippen LogP contribution in [0.1, 0.15) is 13.3 Å². The number of nitrogens with one attached hydrogen (secondary N) is 1. The second-order valence-electron chi connectivity index (χ2n) is 4.52. The summed E-state index contributed by atoms with van der Waals surface area (Å²) < 4.78 is 26.0. The van der Waals surface area contributed by atoms with Gasteiger partial charge in [0, 0.05) is 26.1 Å². The molecule has 7 heteroatoms. The Balaban J connectivity index is 2.19. The first-order chi connectivity index (χ1) is 8.91. The molecule has 0 bridgehead atoms. The summed E-state index contributed by atoms with van der Waals surface area (Å²) in [7, 11) is -3.71. The molecule has 1 saturated heterocycles. The molecule has 2 rings (SSSR count).